The number of fused-ring (bicyclic) bond motifs is 1. The van der Waals surface area contributed by atoms with Crippen molar-refractivity contribution in [3.05, 3.63) is 52.2 Å². The predicted octanol–water partition coefficient (Wildman–Crippen LogP) is 2.53. The molecule has 2 fully saturated rings. The second-order valence-corrected chi connectivity index (χ2v) is 6.81. The monoisotopic (exact) mass is 328 g/mol. The van der Waals surface area contributed by atoms with Gasteiger partial charge in [0.1, 0.15) is 0 Å². The van der Waals surface area contributed by atoms with Gasteiger partial charge < -0.3 is 0 Å². The van der Waals surface area contributed by atoms with E-state index in [4.69, 9.17) is 4.84 Å². The third-order valence-corrected chi connectivity index (χ3v) is 5.58. The lowest BCUT2D eigenvalue weighted by molar-refractivity contribution is -0.160. The van der Waals surface area contributed by atoms with Crippen LogP contribution in [-0.2, 0) is 14.4 Å². The van der Waals surface area contributed by atoms with E-state index in [2.05, 4.69) is 0 Å². The van der Waals surface area contributed by atoms with Gasteiger partial charge in [-0.1, -0.05) is 18.2 Å². The number of nitrogens with zero attached hydrogens (tertiary/aromatic N) is 2. The molecule has 5 nitrogen and oxygen atoms in total. The van der Waals surface area contributed by atoms with Crippen LogP contribution in [0.4, 0.5) is 5.69 Å². The Hall–Kier alpha value is -2.02. The van der Waals surface area contributed by atoms with Crippen molar-refractivity contribution >= 4 is 28.8 Å². The molecule has 0 radical (unpaired) electrons. The van der Waals surface area contributed by atoms with Crippen LogP contribution in [0.2, 0.25) is 0 Å². The molecule has 0 unspecified atom stereocenters. The summed E-state index contributed by atoms with van der Waals surface area (Å²) in [6.45, 7) is 2.02. The number of amides is 2. The molecule has 0 spiro atoms. The van der Waals surface area contributed by atoms with Crippen LogP contribution in [0.3, 0.4) is 0 Å². The number of benzene rings is 1. The van der Waals surface area contributed by atoms with E-state index in [1.165, 1.54) is 4.90 Å². The highest BCUT2D eigenvalue weighted by molar-refractivity contribution is 7.10. The maximum absolute atomic E-state index is 13.0. The summed E-state index contributed by atoms with van der Waals surface area (Å²) in [4.78, 5) is 33.7. The molecule has 0 bridgehead atoms. The Morgan fingerprint density at radius 2 is 1.83 bits per heavy atom. The minimum Gasteiger partial charge on any atom is -0.284 e. The molecule has 1 aromatic carbocycles. The minimum absolute atomic E-state index is 0.187. The number of rotatable bonds is 2. The third kappa shape index (κ3) is 2.06. The van der Waals surface area contributed by atoms with Gasteiger partial charge in [-0.3, -0.25) is 14.4 Å². The van der Waals surface area contributed by atoms with Crippen molar-refractivity contribution in [1.82, 2.24) is 5.06 Å². The predicted molar refractivity (Wildman–Crippen MR) is 86.9 cm³/mol. The Morgan fingerprint density at radius 3 is 2.48 bits per heavy atom. The summed E-state index contributed by atoms with van der Waals surface area (Å²) in [5.41, 5.74) is 1.72. The molecule has 3 heterocycles. The molecule has 23 heavy (non-hydrogen) atoms. The first-order chi connectivity index (χ1) is 11.1. The van der Waals surface area contributed by atoms with Crippen LogP contribution in [0, 0.1) is 12.8 Å². The van der Waals surface area contributed by atoms with Gasteiger partial charge in [0.25, 0.3) is 5.91 Å². The quantitative estimate of drug-likeness (QED) is 0.795. The number of imide groups is 1. The van der Waals surface area contributed by atoms with Gasteiger partial charge >= 0.3 is 0 Å². The van der Waals surface area contributed by atoms with E-state index in [9.17, 15) is 9.59 Å². The standard InChI is InChI=1S/C17H16N2O3S/c1-10-8-9-23-15(10)13-12-14(22-18(13)2)17(21)19(16(12)20)11-6-4-3-5-7-11/h3-9,12-14H,1-2H3/t12-,13+,14+/m1/s1. The van der Waals surface area contributed by atoms with Crippen LogP contribution in [0.25, 0.3) is 0 Å². The van der Waals surface area contributed by atoms with Gasteiger partial charge in [-0.25, -0.2) is 4.90 Å². The Balaban J connectivity index is 1.75. The van der Waals surface area contributed by atoms with Crippen molar-refractivity contribution < 1.29 is 14.4 Å². The number of carbonyl (C=O) groups excluding carboxylic acids is 2. The SMILES string of the molecule is Cc1ccsc1[C@@H]1[C@H]2C(=O)N(c3ccccc3)C(=O)[C@H]2ON1C. The second-order valence-electron chi connectivity index (χ2n) is 5.86. The molecule has 6 heteroatoms. The molecule has 2 saturated heterocycles. The topological polar surface area (TPSA) is 49.9 Å². The van der Waals surface area contributed by atoms with Crippen molar-refractivity contribution in [2.75, 3.05) is 11.9 Å². The lowest BCUT2D eigenvalue weighted by Gasteiger charge is -2.23. The number of para-hydroxylation sites is 1. The molecule has 2 amide bonds. The van der Waals surface area contributed by atoms with E-state index >= 15 is 0 Å². The van der Waals surface area contributed by atoms with Crippen LogP contribution >= 0.6 is 11.3 Å². The van der Waals surface area contributed by atoms with Gasteiger partial charge in [0, 0.05) is 11.9 Å². The molecule has 2 aliphatic rings. The first-order valence-corrected chi connectivity index (χ1v) is 8.34. The number of anilines is 1. The largest absolute Gasteiger partial charge is 0.284 e. The molecular formula is C17H16N2O3S. The molecule has 0 N–H and O–H groups in total. The first kappa shape index (κ1) is 14.6. The Kier molecular flexibility index (Phi) is 3.33. The molecule has 2 aliphatic heterocycles. The average molecular weight is 328 g/mol. The Morgan fingerprint density at radius 1 is 1.09 bits per heavy atom. The van der Waals surface area contributed by atoms with Crippen molar-refractivity contribution in [1.29, 1.82) is 0 Å². The normalized spacial score (nSPS) is 27.7. The first-order valence-electron chi connectivity index (χ1n) is 7.46. The number of hydrogen-bond donors (Lipinski definition) is 0. The second kappa shape index (κ2) is 5.26. The fraction of sp³-hybridized carbons (Fsp3) is 0.294. The third-order valence-electron chi connectivity index (χ3n) is 4.49. The minimum atomic E-state index is -0.737. The summed E-state index contributed by atoms with van der Waals surface area (Å²) in [6, 6.07) is 10.8. The molecule has 2 aromatic rings. The van der Waals surface area contributed by atoms with Crippen LogP contribution in [0.1, 0.15) is 16.5 Å². The van der Waals surface area contributed by atoms with Gasteiger partial charge in [-0.2, -0.15) is 5.06 Å². The summed E-state index contributed by atoms with van der Waals surface area (Å²) in [5, 5.41) is 3.66. The molecule has 3 atom stereocenters. The summed E-state index contributed by atoms with van der Waals surface area (Å²) in [6.07, 6.45) is -0.737. The molecule has 0 saturated carbocycles. The van der Waals surface area contributed by atoms with Crippen molar-refractivity contribution in [3.63, 3.8) is 0 Å². The fourth-order valence-electron chi connectivity index (χ4n) is 3.40. The zero-order valence-electron chi connectivity index (χ0n) is 12.8. The highest BCUT2D eigenvalue weighted by Crippen LogP contribution is 2.46. The van der Waals surface area contributed by atoms with Gasteiger partial charge in [0.05, 0.1) is 17.6 Å². The number of hydrogen-bond acceptors (Lipinski definition) is 5. The summed E-state index contributed by atoms with van der Waals surface area (Å²) < 4.78 is 0. The van der Waals surface area contributed by atoms with Crippen LogP contribution in [0.15, 0.2) is 41.8 Å². The van der Waals surface area contributed by atoms with Crippen molar-refractivity contribution in [2.45, 2.75) is 19.1 Å². The molecular weight excluding hydrogens is 312 g/mol. The van der Waals surface area contributed by atoms with Gasteiger partial charge in [0.2, 0.25) is 5.91 Å². The van der Waals surface area contributed by atoms with E-state index in [0.29, 0.717) is 5.69 Å². The van der Waals surface area contributed by atoms with E-state index in [1.807, 2.05) is 36.6 Å². The zero-order valence-corrected chi connectivity index (χ0v) is 13.6. The lowest BCUT2D eigenvalue weighted by atomic mass is 9.94. The summed E-state index contributed by atoms with van der Waals surface area (Å²) in [5.74, 6) is -0.965. The zero-order chi connectivity index (χ0) is 16.1. The van der Waals surface area contributed by atoms with Crippen LogP contribution < -0.4 is 4.90 Å². The maximum Gasteiger partial charge on any atom is 0.265 e. The highest BCUT2D eigenvalue weighted by Gasteiger charge is 2.59. The van der Waals surface area contributed by atoms with Crippen molar-refractivity contribution in [2.24, 2.45) is 5.92 Å². The Labute approximate surface area is 138 Å². The Bertz CT molecular complexity index is 773. The number of carbonyl (C=O) groups is 2. The van der Waals surface area contributed by atoms with E-state index < -0.39 is 12.0 Å². The van der Waals surface area contributed by atoms with Crippen molar-refractivity contribution in [3.8, 4) is 0 Å². The molecule has 1 aromatic heterocycles. The average Bonchev–Trinajstić information content (AvgIpc) is 3.17. The molecule has 118 valence electrons. The number of thiophene rings is 1. The number of aryl methyl sites for hydroxylation is 1. The lowest BCUT2D eigenvalue weighted by Crippen LogP contribution is -2.36. The smallest absolute Gasteiger partial charge is 0.265 e. The maximum atomic E-state index is 13.0. The van der Waals surface area contributed by atoms with Crippen LogP contribution in [0.5, 0.6) is 0 Å². The van der Waals surface area contributed by atoms with E-state index in [0.717, 1.165) is 10.4 Å². The van der Waals surface area contributed by atoms with Gasteiger partial charge in [-0.15, -0.1) is 11.3 Å². The summed E-state index contributed by atoms with van der Waals surface area (Å²) >= 11 is 1.60. The number of hydroxylamine groups is 2. The van der Waals surface area contributed by atoms with Gasteiger partial charge in [0.15, 0.2) is 6.10 Å². The van der Waals surface area contributed by atoms with E-state index in [1.54, 1.807) is 35.6 Å². The summed E-state index contributed by atoms with van der Waals surface area (Å²) in [7, 11) is 1.79. The molecule has 4 rings (SSSR count). The molecule has 0 aliphatic carbocycles. The van der Waals surface area contributed by atoms with Crippen LogP contribution in [-0.4, -0.2) is 30.0 Å². The van der Waals surface area contributed by atoms with E-state index in [-0.39, 0.29) is 17.9 Å². The fourth-order valence-corrected chi connectivity index (χ4v) is 4.50. The highest BCUT2D eigenvalue weighted by atomic mass is 32.1. The van der Waals surface area contributed by atoms with Gasteiger partial charge in [-0.05, 0) is 36.1 Å².